The van der Waals surface area contributed by atoms with Crippen LogP contribution in [0.1, 0.15) is 5.56 Å². The van der Waals surface area contributed by atoms with E-state index in [9.17, 15) is 9.18 Å². The van der Waals surface area contributed by atoms with E-state index in [4.69, 9.17) is 9.47 Å². The van der Waals surface area contributed by atoms with Gasteiger partial charge in [0.05, 0.1) is 20.4 Å². The molecule has 1 heterocycles. The SMILES string of the molecule is COc1ccc(/C=N/NC(=O)Cn2nnc(-c3ccc(F)cc3)n2)c(OC)c1. The van der Waals surface area contributed by atoms with Crippen molar-refractivity contribution in [2.45, 2.75) is 6.54 Å². The van der Waals surface area contributed by atoms with E-state index in [-0.39, 0.29) is 12.4 Å². The molecule has 0 aliphatic rings. The fourth-order valence-electron chi connectivity index (χ4n) is 2.29. The predicted molar refractivity (Wildman–Crippen MR) is 98.5 cm³/mol. The highest BCUT2D eigenvalue weighted by molar-refractivity contribution is 5.85. The van der Waals surface area contributed by atoms with Gasteiger partial charge in [-0.25, -0.2) is 9.82 Å². The number of nitrogens with zero attached hydrogens (tertiary/aromatic N) is 5. The molecule has 10 heteroatoms. The van der Waals surface area contributed by atoms with Gasteiger partial charge in [-0.05, 0) is 41.6 Å². The van der Waals surface area contributed by atoms with Crippen LogP contribution in [0.15, 0.2) is 47.6 Å². The van der Waals surface area contributed by atoms with E-state index in [1.165, 1.54) is 37.6 Å². The van der Waals surface area contributed by atoms with Gasteiger partial charge in [-0.1, -0.05) is 0 Å². The van der Waals surface area contributed by atoms with E-state index in [0.29, 0.717) is 28.5 Å². The van der Waals surface area contributed by atoms with Gasteiger partial charge in [-0.15, -0.1) is 10.2 Å². The zero-order chi connectivity index (χ0) is 19.9. The Balaban J connectivity index is 1.59. The highest BCUT2D eigenvalue weighted by atomic mass is 19.1. The van der Waals surface area contributed by atoms with Gasteiger partial charge in [0.25, 0.3) is 5.91 Å². The fourth-order valence-corrected chi connectivity index (χ4v) is 2.29. The molecule has 0 atom stereocenters. The highest BCUT2D eigenvalue weighted by Gasteiger charge is 2.09. The van der Waals surface area contributed by atoms with Crippen molar-refractivity contribution in [2.24, 2.45) is 5.10 Å². The number of halogens is 1. The topological polar surface area (TPSA) is 104 Å². The van der Waals surface area contributed by atoms with Crippen LogP contribution in [0.25, 0.3) is 11.4 Å². The minimum Gasteiger partial charge on any atom is -0.497 e. The Hall–Kier alpha value is -3.82. The summed E-state index contributed by atoms with van der Waals surface area (Å²) >= 11 is 0. The van der Waals surface area contributed by atoms with E-state index in [0.717, 1.165) is 4.80 Å². The maximum Gasteiger partial charge on any atom is 0.263 e. The second-order valence-corrected chi connectivity index (χ2v) is 5.55. The number of nitrogens with one attached hydrogen (secondary N) is 1. The van der Waals surface area contributed by atoms with Gasteiger partial charge < -0.3 is 9.47 Å². The van der Waals surface area contributed by atoms with Crippen molar-refractivity contribution in [3.05, 3.63) is 53.8 Å². The van der Waals surface area contributed by atoms with Crippen LogP contribution < -0.4 is 14.9 Å². The van der Waals surface area contributed by atoms with Gasteiger partial charge in [-0.3, -0.25) is 4.79 Å². The molecule has 0 saturated heterocycles. The van der Waals surface area contributed by atoms with E-state index in [1.807, 2.05) is 0 Å². The standard InChI is InChI=1S/C18H17FN6O3/c1-27-15-8-5-13(16(9-15)28-2)10-20-21-17(26)11-25-23-18(22-24-25)12-3-6-14(19)7-4-12/h3-10H,11H2,1-2H3,(H,21,26)/b20-10+. The number of aromatic nitrogens is 4. The molecule has 9 nitrogen and oxygen atoms in total. The van der Waals surface area contributed by atoms with Crippen molar-refractivity contribution >= 4 is 12.1 Å². The third-order valence-corrected chi connectivity index (χ3v) is 3.67. The first-order valence-corrected chi connectivity index (χ1v) is 8.16. The van der Waals surface area contributed by atoms with Crippen LogP contribution >= 0.6 is 0 Å². The van der Waals surface area contributed by atoms with Crippen molar-refractivity contribution < 1.29 is 18.7 Å². The Morgan fingerprint density at radius 3 is 2.71 bits per heavy atom. The number of amides is 1. The van der Waals surface area contributed by atoms with Gasteiger partial charge in [-0.2, -0.15) is 9.90 Å². The Kier molecular flexibility index (Phi) is 5.90. The smallest absolute Gasteiger partial charge is 0.263 e. The van der Waals surface area contributed by atoms with Crippen molar-refractivity contribution in [3.63, 3.8) is 0 Å². The van der Waals surface area contributed by atoms with Gasteiger partial charge in [0.1, 0.15) is 23.9 Å². The summed E-state index contributed by atoms with van der Waals surface area (Å²) in [7, 11) is 3.09. The number of hydrogen-bond donors (Lipinski definition) is 1. The lowest BCUT2D eigenvalue weighted by Gasteiger charge is -2.06. The molecule has 1 N–H and O–H groups in total. The molecule has 0 saturated carbocycles. The van der Waals surface area contributed by atoms with E-state index < -0.39 is 5.91 Å². The van der Waals surface area contributed by atoms with Crippen LogP contribution in [-0.4, -0.2) is 46.5 Å². The molecule has 2 aromatic carbocycles. The molecule has 3 aromatic rings. The van der Waals surface area contributed by atoms with Crippen molar-refractivity contribution in [2.75, 3.05) is 14.2 Å². The van der Waals surface area contributed by atoms with Crippen molar-refractivity contribution in [1.29, 1.82) is 0 Å². The molecule has 0 bridgehead atoms. The lowest BCUT2D eigenvalue weighted by atomic mass is 10.2. The number of ether oxygens (including phenoxy) is 2. The molecular formula is C18H17FN6O3. The van der Waals surface area contributed by atoms with Crippen LogP contribution in [0.3, 0.4) is 0 Å². The predicted octanol–water partition coefficient (Wildman–Crippen LogP) is 1.65. The van der Waals surface area contributed by atoms with E-state index in [2.05, 4.69) is 25.9 Å². The molecule has 3 rings (SSSR count). The maximum atomic E-state index is 13.0. The maximum absolute atomic E-state index is 13.0. The molecule has 0 unspecified atom stereocenters. The first kappa shape index (κ1) is 19.0. The molecule has 1 amide bonds. The van der Waals surface area contributed by atoms with E-state index >= 15 is 0 Å². The fraction of sp³-hybridized carbons (Fsp3) is 0.167. The molecule has 0 aliphatic carbocycles. The van der Waals surface area contributed by atoms with Crippen molar-refractivity contribution in [3.8, 4) is 22.9 Å². The minimum atomic E-state index is -0.438. The molecule has 0 fully saturated rings. The van der Waals surface area contributed by atoms with Gasteiger partial charge in [0, 0.05) is 17.2 Å². The summed E-state index contributed by atoms with van der Waals surface area (Å²) in [6, 6.07) is 10.9. The number of methoxy groups -OCH3 is 2. The molecule has 0 spiro atoms. The van der Waals surface area contributed by atoms with Crippen LogP contribution in [0, 0.1) is 5.82 Å². The Morgan fingerprint density at radius 1 is 1.21 bits per heavy atom. The highest BCUT2D eigenvalue weighted by Crippen LogP contribution is 2.23. The van der Waals surface area contributed by atoms with Gasteiger partial charge in [0.15, 0.2) is 0 Å². The zero-order valence-electron chi connectivity index (χ0n) is 15.2. The zero-order valence-corrected chi connectivity index (χ0v) is 15.2. The molecule has 1 aromatic heterocycles. The van der Waals surface area contributed by atoms with E-state index in [1.54, 1.807) is 25.3 Å². The lowest BCUT2D eigenvalue weighted by molar-refractivity contribution is -0.122. The van der Waals surface area contributed by atoms with Crippen LogP contribution in [0.4, 0.5) is 4.39 Å². The number of rotatable bonds is 7. The number of hydrogen-bond acceptors (Lipinski definition) is 7. The van der Waals surface area contributed by atoms with Gasteiger partial charge in [0.2, 0.25) is 5.82 Å². The third kappa shape index (κ3) is 4.67. The largest absolute Gasteiger partial charge is 0.497 e. The number of carbonyl (C=O) groups excluding carboxylic acids is 1. The Labute approximate surface area is 159 Å². The lowest BCUT2D eigenvalue weighted by Crippen LogP contribution is -2.24. The molecule has 0 radical (unpaired) electrons. The Bertz CT molecular complexity index is 987. The van der Waals surface area contributed by atoms with Gasteiger partial charge >= 0.3 is 0 Å². The summed E-state index contributed by atoms with van der Waals surface area (Å²) in [5.41, 5.74) is 3.64. The summed E-state index contributed by atoms with van der Waals surface area (Å²) in [4.78, 5) is 13.1. The van der Waals surface area contributed by atoms with Crippen molar-refractivity contribution in [1.82, 2.24) is 25.6 Å². The second kappa shape index (κ2) is 8.71. The quantitative estimate of drug-likeness (QED) is 0.491. The summed E-state index contributed by atoms with van der Waals surface area (Å²) in [5, 5.41) is 15.6. The Morgan fingerprint density at radius 2 is 2.00 bits per heavy atom. The summed E-state index contributed by atoms with van der Waals surface area (Å²) in [6.45, 7) is -0.175. The van der Waals surface area contributed by atoms with Crippen LogP contribution in [0.5, 0.6) is 11.5 Å². The molecular weight excluding hydrogens is 367 g/mol. The average Bonchev–Trinajstić information content (AvgIpc) is 3.17. The number of tetrazole rings is 1. The number of carbonyl (C=O) groups is 1. The normalized spacial score (nSPS) is 10.8. The summed E-state index contributed by atoms with van der Waals surface area (Å²) < 4.78 is 23.3. The monoisotopic (exact) mass is 384 g/mol. The number of benzene rings is 2. The molecule has 144 valence electrons. The summed E-state index contributed by atoms with van der Waals surface area (Å²) in [6.07, 6.45) is 1.45. The minimum absolute atomic E-state index is 0.175. The average molecular weight is 384 g/mol. The molecule has 28 heavy (non-hydrogen) atoms. The first-order chi connectivity index (χ1) is 13.6. The van der Waals surface area contributed by atoms with Crippen LogP contribution in [-0.2, 0) is 11.3 Å². The number of hydrazone groups is 1. The summed E-state index contributed by atoms with van der Waals surface area (Å²) in [5.74, 6) is 0.694. The third-order valence-electron chi connectivity index (χ3n) is 3.67. The van der Waals surface area contributed by atoms with Crippen LogP contribution in [0.2, 0.25) is 0 Å². The second-order valence-electron chi connectivity index (χ2n) is 5.55. The first-order valence-electron chi connectivity index (χ1n) is 8.16. The molecule has 0 aliphatic heterocycles.